The molecule has 20 heavy (non-hydrogen) atoms. The Morgan fingerprint density at radius 3 is 2.80 bits per heavy atom. The minimum Gasteiger partial charge on any atom is -0.478 e. The molecule has 0 saturated heterocycles. The highest BCUT2D eigenvalue weighted by molar-refractivity contribution is 7.80. The van der Waals surface area contributed by atoms with E-state index in [0.29, 0.717) is 16.6 Å². The van der Waals surface area contributed by atoms with Gasteiger partial charge >= 0.3 is 5.97 Å². The van der Waals surface area contributed by atoms with Crippen LogP contribution in [0.3, 0.4) is 0 Å². The third-order valence-electron chi connectivity index (χ3n) is 2.34. The fraction of sp³-hybridized carbons (Fsp3) is 0. The summed E-state index contributed by atoms with van der Waals surface area (Å²) in [4.78, 5) is 15.5. The molecule has 0 aliphatic rings. The standard InChI is InChI=1S/C12H10N4O2S.H2O/c13-12(19)16-14-6-7-5-9(11(17)18)8-3-1-2-4-10(8)15-7;/h1-6H,(H,17,18)(H3,13,16,19);1H2/b14-6+;. The Bertz CT molecular complexity index is 687. The van der Waals surface area contributed by atoms with Gasteiger partial charge in [0.1, 0.15) is 0 Å². The summed E-state index contributed by atoms with van der Waals surface area (Å²) in [5, 5.41) is 13.5. The zero-order chi connectivity index (χ0) is 13.8. The van der Waals surface area contributed by atoms with Crippen LogP contribution >= 0.6 is 12.2 Å². The number of rotatable bonds is 3. The molecule has 0 spiro atoms. The van der Waals surface area contributed by atoms with Crippen molar-refractivity contribution in [1.29, 1.82) is 0 Å². The van der Waals surface area contributed by atoms with Crippen LogP contribution < -0.4 is 11.2 Å². The number of benzene rings is 1. The summed E-state index contributed by atoms with van der Waals surface area (Å²) >= 11 is 4.59. The lowest BCUT2D eigenvalue weighted by atomic mass is 10.1. The van der Waals surface area contributed by atoms with Crippen LogP contribution in [-0.4, -0.2) is 32.9 Å². The van der Waals surface area contributed by atoms with Gasteiger partial charge in [-0.3, -0.25) is 5.43 Å². The summed E-state index contributed by atoms with van der Waals surface area (Å²) < 4.78 is 0. The number of hydrogen-bond acceptors (Lipinski definition) is 4. The highest BCUT2D eigenvalue weighted by Gasteiger charge is 2.10. The fourth-order valence-corrected chi connectivity index (χ4v) is 1.65. The van der Waals surface area contributed by atoms with Crippen LogP contribution in [0.4, 0.5) is 0 Å². The summed E-state index contributed by atoms with van der Waals surface area (Å²) in [5.74, 6) is -1.02. The first-order valence-electron chi connectivity index (χ1n) is 5.29. The van der Waals surface area contributed by atoms with Gasteiger partial charge in [0.25, 0.3) is 0 Å². The molecule has 104 valence electrons. The second-order valence-corrected chi connectivity index (χ2v) is 4.09. The molecular weight excluding hydrogens is 280 g/mol. The second-order valence-electron chi connectivity index (χ2n) is 3.65. The molecule has 0 atom stereocenters. The number of carbonyl (C=O) groups is 1. The maximum Gasteiger partial charge on any atom is 0.336 e. The number of hydrogen-bond donors (Lipinski definition) is 3. The van der Waals surface area contributed by atoms with Gasteiger partial charge in [-0.1, -0.05) is 18.2 Å². The molecular formula is C12H12N4O3S. The summed E-state index contributed by atoms with van der Waals surface area (Å²) in [6, 6.07) is 8.43. The van der Waals surface area contributed by atoms with Gasteiger partial charge in [-0.05, 0) is 24.4 Å². The van der Waals surface area contributed by atoms with Crippen molar-refractivity contribution in [2.45, 2.75) is 0 Å². The molecule has 2 rings (SSSR count). The van der Waals surface area contributed by atoms with E-state index in [1.54, 1.807) is 24.3 Å². The number of nitrogens with one attached hydrogen (secondary N) is 1. The quantitative estimate of drug-likeness (QED) is 0.423. The molecule has 0 amide bonds. The van der Waals surface area contributed by atoms with Gasteiger partial charge < -0.3 is 16.3 Å². The summed E-state index contributed by atoms with van der Waals surface area (Å²) in [5.41, 5.74) is 8.75. The lowest BCUT2D eigenvalue weighted by molar-refractivity contribution is 0.0699. The summed E-state index contributed by atoms with van der Waals surface area (Å²) in [6.07, 6.45) is 1.36. The largest absolute Gasteiger partial charge is 0.478 e. The molecule has 0 aliphatic heterocycles. The van der Waals surface area contributed by atoms with Gasteiger partial charge in [0.05, 0.1) is 23.0 Å². The van der Waals surface area contributed by atoms with E-state index in [1.165, 1.54) is 12.3 Å². The highest BCUT2D eigenvalue weighted by Crippen LogP contribution is 2.17. The van der Waals surface area contributed by atoms with Crippen LogP contribution in [0.2, 0.25) is 0 Å². The minimum absolute atomic E-state index is 0. The van der Waals surface area contributed by atoms with Crippen molar-refractivity contribution in [2.75, 3.05) is 0 Å². The number of thiocarbonyl (C=S) groups is 1. The van der Waals surface area contributed by atoms with E-state index in [1.807, 2.05) is 0 Å². The van der Waals surface area contributed by atoms with Crippen molar-refractivity contribution in [3.63, 3.8) is 0 Å². The maximum atomic E-state index is 11.2. The van der Waals surface area contributed by atoms with Crippen LogP contribution in [0, 0.1) is 0 Å². The number of pyridine rings is 1. The zero-order valence-corrected chi connectivity index (χ0v) is 11.0. The Morgan fingerprint density at radius 1 is 1.45 bits per heavy atom. The molecule has 6 N–H and O–H groups in total. The molecule has 1 heterocycles. The van der Waals surface area contributed by atoms with E-state index < -0.39 is 5.97 Å². The number of aromatic nitrogens is 1. The smallest absolute Gasteiger partial charge is 0.336 e. The van der Waals surface area contributed by atoms with Gasteiger partial charge in [-0.25, -0.2) is 9.78 Å². The molecule has 0 saturated carbocycles. The SMILES string of the molecule is NC(=S)N/N=C/c1cc(C(=O)O)c2ccccc2n1.O. The minimum atomic E-state index is -1.02. The van der Waals surface area contributed by atoms with Crippen molar-refractivity contribution in [3.8, 4) is 0 Å². The summed E-state index contributed by atoms with van der Waals surface area (Å²) in [6.45, 7) is 0. The number of carboxylic acids is 1. The van der Waals surface area contributed by atoms with Crippen LogP contribution in [0.25, 0.3) is 10.9 Å². The lowest BCUT2D eigenvalue weighted by Crippen LogP contribution is -2.24. The van der Waals surface area contributed by atoms with Crippen LogP contribution in [0.15, 0.2) is 35.4 Å². The Hall–Kier alpha value is -2.58. The van der Waals surface area contributed by atoms with Crippen molar-refractivity contribution < 1.29 is 15.4 Å². The third-order valence-corrected chi connectivity index (χ3v) is 2.43. The van der Waals surface area contributed by atoms with Crippen molar-refractivity contribution in [2.24, 2.45) is 10.8 Å². The Morgan fingerprint density at radius 2 is 2.15 bits per heavy atom. The second kappa shape index (κ2) is 6.55. The molecule has 0 unspecified atom stereocenters. The van der Waals surface area contributed by atoms with E-state index in [2.05, 4.69) is 27.7 Å². The molecule has 0 aliphatic carbocycles. The predicted octanol–water partition coefficient (Wildman–Crippen LogP) is 0.275. The monoisotopic (exact) mass is 292 g/mol. The van der Waals surface area contributed by atoms with E-state index in [9.17, 15) is 9.90 Å². The van der Waals surface area contributed by atoms with Gasteiger partial charge in [-0.15, -0.1) is 0 Å². The van der Waals surface area contributed by atoms with Crippen molar-refractivity contribution in [3.05, 3.63) is 41.6 Å². The van der Waals surface area contributed by atoms with Crippen LogP contribution in [0.5, 0.6) is 0 Å². The first-order valence-corrected chi connectivity index (χ1v) is 5.70. The normalized spacial score (nSPS) is 10.2. The Kier molecular flexibility index (Phi) is 5.07. The first-order chi connectivity index (χ1) is 9.08. The number of aromatic carboxylic acids is 1. The Labute approximate surface area is 119 Å². The number of nitrogens with two attached hydrogens (primary N) is 1. The molecule has 2 aromatic rings. The average molecular weight is 292 g/mol. The number of para-hydroxylation sites is 1. The topological polar surface area (TPSA) is 132 Å². The van der Waals surface area contributed by atoms with E-state index in [0.717, 1.165) is 0 Å². The average Bonchev–Trinajstić information content (AvgIpc) is 2.37. The van der Waals surface area contributed by atoms with Gasteiger partial charge in [0.2, 0.25) is 0 Å². The predicted molar refractivity (Wildman–Crippen MR) is 79.8 cm³/mol. The first kappa shape index (κ1) is 15.5. The zero-order valence-electron chi connectivity index (χ0n) is 10.2. The fourth-order valence-electron chi connectivity index (χ4n) is 1.60. The van der Waals surface area contributed by atoms with Crippen LogP contribution in [-0.2, 0) is 0 Å². The molecule has 0 bridgehead atoms. The number of nitrogens with zero attached hydrogens (tertiary/aromatic N) is 2. The van der Waals surface area contributed by atoms with Gasteiger partial charge in [-0.2, -0.15) is 5.10 Å². The van der Waals surface area contributed by atoms with Crippen LogP contribution in [0.1, 0.15) is 16.1 Å². The molecule has 1 aromatic heterocycles. The lowest BCUT2D eigenvalue weighted by Gasteiger charge is -2.03. The molecule has 1 aromatic carbocycles. The molecule has 8 heteroatoms. The van der Waals surface area contributed by atoms with Crippen molar-refractivity contribution in [1.82, 2.24) is 10.4 Å². The van der Waals surface area contributed by atoms with Gasteiger partial charge in [0.15, 0.2) is 5.11 Å². The van der Waals surface area contributed by atoms with E-state index in [4.69, 9.17) is 5.73 Å². The number of hydrazone groups is 1. The van der Waals surface area contributed by atoms with E-state index >= 15 is 0 Å². The summed E-state index contributed by atoms with van der Waals surface area (Å²) in [7, 11) is 0. The molecule has 0 radical (unpaired) electrons. The number of fused-ring (bicyclic) bond motifs is 1. The molecule has 7 nitrogen and oxygen atoms in total. The molecule has 0 fully saturated rings. The Balaban J connectivity index is 0.00000200. The maximum absolute atomic E-state index is 11.2. The van der Waals surface area contributed by atoms with Gasteiger partial charge in [0, 0.05) is 5.39 Å². The van der Waals surface area contributed by atoms with E-state index in [-0.39, 0.29) is 16.2 Å². The van der Waals surface area contributed by atoms with Crippen molar-refractivity contribution >= 4 is 40.4 Å². The number of carboxylic acid groups (broad SMARTS) is 1. The third kappa shape index (κ3) is 3.46. The highest BCUT2D eigenvalue weighted by atomic mass is 32.1.